The second-order valence-electron chi connectivity index (χ2n) is 7.12. The number of ether oxygens (including phenoxy) is 3. The highest BCUT2D eigenvalue weighted by Gasteiger charge is 2.27. The third-order valence-corrected chi connectivity index (χ3v) is 5.38. The van der Waals surface area contributed by atoms with Crippen molar-refractivity contribution in [2.24, 2.45) is 0 Å². The van der Waals surface area contributed by atoms with Crippen molar-refractivity contribution in [2.75, 3.05) is 20.8 Å². The van der Waals surface area contributed by atoms with Crippen LogP contribution in [0.1, 0.15) is 15.9 Å². The summed E-state index contributed by atoms with van der Waals surface area (Å²) in [5, 5.41) is 14.7. The van der Waals surface area contributed by atoms with Gasteiger partial charge in [-0.2, -0.15) is 4.73 Å². The van der Waals surface area contributed by atoms with E-state index in [1.807, 2.05) is 30.3 Å². The van der Waals surface area contributed by atoms with Crippen molar-refractivity contribution in [2.45, 2.75) is 12.5 Å². The van der Waals surface area contributed by atoms with E-state index in [1.165, 1.54) is 18.5 Å². The lowest BCUT2D eigenvalue weighted by atomic mass is 9.99. The third-order valence-electron chi connectivity index (χ3n) is 5.10. The second kappa shape index (κ2) is 8.73. The maximum Gasteiger partial charge on any atom is 0.257 e. The Hall–Kier alpha value is -3.45. The molecule has 0 radical (unpaired) electrons. The monoisotopic (exact) mass is 440 g/mol. The van der Waals surface area contributed by atoms with E-state index < -0.39 is 0 Å². The molecule has 160 valence electrons. The number of halogens is 1. The van der Waals surface area contributed by atoms with Crippen molar-refractivity contribution in [3.63, 3.8) is 0 Å². The van der Waals surface area contributed by atoms with Gasteiger partial charge in [0.1, 0.15) is 28.9 Å². The van der Waals surface area contributed by atoms with Gasteiger partial charge in [-0.1, -0.05) is 11.6 Å². The minimum atomic E-state index is -0.336. The van der Waals surface area contributed by atoms with Crippen LogP contribution in [0.25, 0.3) is 11.1 Å². The number of amides is 1. The molecule has 1 aromatic heterocycles. The summed E-state index contributed by atoms with van der Waals surface area (Å²) in [7, 11) is 3.23. The highest BCUT2D eigenvalue weighted by molar-refractivity contribution is 6.32. The molecule has 1 N–H and O–H groups in total. The Labute approximate surface area is 184 Å². The van der Waals surface area contributed by atoms with Crippen LogP contribution in [0.15, 0.2) is 54.9 Å². The fourth-order valence-corrected chi connectivity index (χ4v) is 3.88. The predicted octanol–water partition coefficient (Wildman–Crippen LogP) is 3.39. The second-order valence-corrected chi connectivity index (χ2v) is 7.53. The molecule has 0 bridgehead atoms. The molecule has 4 rings (SSSR count). The van der Waals surface area contributed by atoms with E-state index in [-0.39, 0.29) is 18.6 Å². The van der Waals surface area contributed by atoms with Crippen LogP contribution in [0.5, 0.6) is 17.2 Å². The number of fused-ring (bicyclic) bond motifs is 1. The predicted molar refractivity (Wildman–Crippen MR) is 116 cm³/mol. The van der Waals surface area contributed by atoms with Crippen molar-refractivity contribution in [3.8, 4) is 28.4 Å². The zero-order chi connectivity index (χ0) is 22.0. The van der Waals surface area contributed by atoms with Gasteiger partial charge in [-0.3, -0.25) is 4.79 Å². The Morgan fingerprint density at radius 3 is 2.84 bits per heavy atom. The Morgan fingerprint density at radius 2 is 2.10 bits per heavy atom. The highest BCUT2D eigenvalue weighted by atomic mass is 35.5. The average molecular weight is 441 g/mol. The van der Waals surface area contributed by atoms with Gasteiger partial charge < -0.3 is 24.7 Å². The summed E-state index contributed by atoms with van der Waals surface area (Å²) in [5.41, 5.74) is 2.98. The van der Waals surface area contributed by atoms with Crippen LogP contribution >= 0.6 is 11.6 Å². The Bertz CT molecular complexity index is 1130. The van der Waals surface area contributed by atoms with Gasteiger partial charge in [0.2, 0.25) is 0 Å². The zero-order valence-electron chi connectivity index (χ0n) is 17.1. The molecule has 2 heterocycles. The van der Waals surface area contributed by atoms with Crippen LogP contribution < -0.4 is 24.3 Å². The molecule has 0 saturated carbocycles. The fraction of sp³-hybridized carbons (Fsp3) is 0.217. The summed E-state index contributed by atoms with van der Waals surface area (Å²) in [6, 6.07) is 12.5. The third kappa shape index (κ3) is 4.36. The van der Waals surface area contributed by atoms with Crippen LogP contribution in [0.3, 0.4) is 0 Å². The van der Waals surface area contributed by atoms with Gasteiger partial charge in [0, 0.05) is 23.6 Å². The molecule has 7 nitrogen and oxygen atoms in total. The number of methoxy groups -OCH3 is 2. The molecule has 1 amide bonds. The number of hydrogen-bond acceptors (Lipinski definition) is 5. The van der Waals surface area contributed by atoms with E-state index in [4.69, 9.17) is 25.8 Å². The van der Waals surface area contributed by atoms with Crippen molar-refractivity contribution >= 4 is 17.5 Å². The minimum Gasteiger partial charge on any atom is -0.619 e. The van der Waals surface area contributed by atoms with E-state index in [0.717, 1.165) is 16.7 Å². The van der Waals surface area contributed by atoms with Crippen LogP contribution in [0.2, 0.25) is 5.02 Å². The summed E-state index contributed by atoms with van der Waals surface area (Å²) >= 11 is 6.51. The molecular weight excluding hydrogens is 420 g/mol. The number of rotatable bonds is 6. The van der Waals surface area contributed by atoms with Crippen LogP contribution in [-0.4, -0.2) is 32.8 Å². The molecule has 2 aromatic carbocycles. The molecule has 0 aliphatic carbocycles. The fourth-order valence-electron chi connectivity index (χ4n) is 3.59. The number of carbonyl (C=O) groups is 1. The molecule has 1 aliphatic heterocycles. The first-order valence-corrected chi connectivity index (χ1v) is 10.0. The van der Waals surface area contributed by atoms with Crippen LogP contribution in [0.4, 0.5) is 0 Å². The van der Waals surface area contributed by atoms with Gasteiger partial charge in [-0.15, -0.1) is 0 Å². The van der Waals surface area contributed by atoms with E-state index in [2.05, 4.69) is 5.32 Å². The lowest BCUT2D eigenvalue weighted by Crippen LogP contribution is -2.36. The number of pyridine rings is 1. The van der Waals surface area contributed by atoms with Gasteiger partial charge >= 0.3 is 0 Å². The van der Waals surface area contributed by atoms with Gasteiger partial charge in [0.05, 0.1) is 25.8 Å². The molecular formula is C23H21ClN2O5. The number of aromatic nitrogens is 1. The molecule has 1 atom stereocenters. The van der Waals surface area contributed by atoms with E-state index in [1.54, 1.807) is 20.3 Å². The SMILES string of the molecule is COc1ccc(OC)c(-c2cc(Cl)c3c(c2)CC(CNC(=O)c2ccc[n+]([O-])c2)O3)c1. The number of nitrogens with zero attached hydrogens (tertiary/aromatic N) is 1. The largest absolute Gasteiger partial charge is 0.619 e. The highest BCUT2D eigenvalue weighted by Crippen LogP contribution is 2.42. The van der Waals surface area contributed by atoms with Gasteiger partial charge in [0.25, 0.3) is 5.91 Å². The number of carbonyl (C=O) groups excluding carboxylic acids is 1. The number of benzene rings is 2. The van der Waals surface area contributed by atoms with E-state index >= 15 is 0 Å². The first kappa shape index (κ1) is 20.8. The topological polar surface area (TPSA) is 83.7 Å². The summed E-state index contributed by atoms with van der Waals surface area (Å²) < 4.78 is 17.4. The normalized spacial score (nSPS) is 14.5. The molecule has 1 unspecified atom stereocenters. The van der Waals surface area contributed by atoms with Crippen LogP contribution in [-0.2, 0) is 6.42 Å². The lowest BCUT2D eigenvalue weighted by Gasteiger charge is -2.13. The Kier molecular flexibility index (Phi) is 5.86. The van der Waals surface area contributed by atoms with Crippen molar-refractivity contribution in [1.29, 1.82) is 0 Å². The summed E-state index contributed by atoms with van der Waals surface area (Å²) in [5.74, 6) is 1.70. The molecule has 0 saturated heterocycles. The smallest absolute Gasteiger partial charge is 0.257 e. The number of nitrogens with one attached hydrogen (secondary N) is 1. The molecule has 1 aliphatic rings. The summed E-state index contributed by atoms with van der Waals surface area (Å²) in [6.45, 7) is 0.287. The van der Waals surface area contributed by atoms with Crippen molar-refractivity contribution in [1.82, 2.24) is 5.32 Å². The maximum atomic E-state index is 12.3. The quantitative estimate of drug-likeness (QED) is 0.469. The summed E-state index contributed by atoms with van der Waals surface area (Å²) in [6.07, 6.45) is 2.88. The zero-order valence-corrected chi connectivity index (χ0v) is 17.8. The molecule has 8 heteroatoms. The van der Waals surface area contributed by atoms with Gasteiger partial charge in [-0.05, 0) is 42.0 Å². The Morgan fingerprint density at radius 1 is 1.26 bits per heavy atom. The maximum absolute atomic E-state index is 12.3. The lowest BCUT2D eigenvalue weighted by molar-refractivity contribution is -0.605. The van der Waals surface area contributed by atoms with Gasteiger partial charge in [-0.25, -0.2) is 0 Å². The van der Waals surface area contributed by atoms with Crippen molar-refractivity contribution in [3.05, 3.63) is 76.2 Å². The molecule has 0 fully saturated rings. The van der Waals surface area contributed by atoms with E-state index in [9.17, 15) is 10.0 Å². The van der Waals surface area contributed by atoms with Crippen molar-refractivity contribution < 1.29 is 23.7 Å². The van der Waals surface area contributed by atoms with Gasteiger partial charge in [0.15, 0.2) is 12.4 Å². The molecule has 3 aromatic rings. The average Bonchev–Trinajstić information content (AvgIpc) is 3.20. The first-order chi connectivity index (χ1) is 15.0. The molecule has 31 heavy (non-hydrogen) atoms. The standard InChI is InChI=1S/C23H21ClN2O5/c1-29-17-5-6-21(30-2)19(11-17)15-8-16-9-18(31-22(16)20(24)10-15)12-25-23(27)14-4-3-7-26(28)13-14/h3-8,10-11,13,18H,9,12H2,1-2H3,(H,25,27). The Balaban J connectivity index is 1.51. The minimum absolute atomic E-state index is 0.262. The molecule has 0 spiro atoms. The number of hydrogen-bond donors (Lipinski definition) is 1. The van der Waals surface area contributed by atoms with E-state index in [0.29, 0.717) is 39.0 Å². The summed E-state index contributed by atoms with van der Waals surface area (Å²) in [4.78, 5) is 12.3. The van der Waals surface area contributed by atoms with Crippen LogP contribution in [0, 0.1) is 5.21 Å². The first-order valence-electron chi connectivity index (χ1n) is 9.67.